The SMILES string of the molecule is C=CC(=O)N1CC=C[C@H]1COc1cnccc1-c1[nH]c2cccnc2c1-c1ccccc1. The third-order valence-corrected chi connectivity index (χ3v) is 5.60. The van der Waals surface area contributed by atoms with Gasteiger partial charge in [0.25, 0.3) is 0 Å². The lowest BCUT2D eigenvalue weighted by atomic mass is 10.0. The Morgan fingerprint density at radius 2 is 2.06 bits per heavy atom. The van der Waals surface area contributed by atoms with Crippen molar-refractivity contribution < 1.29 is 9.53 Å². The maximum absolute atomic E-state index is 12.1. The number of H-pyrrole nitrogens is 1. The lowest BCUT2D eigenvalue weighted by Gasteiger charge is -2.23. The van der Waals surface area contributed by atoms with Crippen LogP contribution in [-0.2, 0) is 4.79 Å². The highest BCUT2D eigenvalue weighted by Crippen LogP contribution is 2.40. The van der Waals surface area contributed by atoms with E-state index >= 15 is 0 Å². The minimum Gasteiger partial charge on any atom is -0.489 e. The van der Waals surface area contributed by atoms with Crippen LogP contribution in [-0.4, -0.2) is 45.0 Å². The number of fused-ring (bicyclic) bond motifs is 1. The number of aromatic amines is 1. The van der Waals surface area contributed by atoms with Gasteiger partial charge in [0.05, 0.1) is 29.0 Å². The summed E-state index contributed by atoms with van der Waals surface area (Å²) in [4.78, 5) is 26.3. The maximum Gasteiger partial charge on any atom is 0.246 e. The van der Waals surface area contributed by atoms with Crippen LogP contribution in [0.2, 0.25) is 0 Å². The van der Waals surface area contributed by atoms with E-state index in [1.165, 1.54) is 6.08 Å². The molecule has 0 saturated heterocycles. The van der Waals surface area contributed by atoms with Crippen molar-refractivity contribution in [3.05, 3.63) is 91.9 Å². The van der Waals surface area contributed by atoms with Crippen LogP contribution in [0.4, 0.5) is 0 Å². The highest BCUT2D eigenvalue weighted by Gasteiger charge is 2.24. The monoisotopic (exact) mass is 422 g/mol. The zero-order valence-corrected chi connectivity index (χ0v) is 17.4. The van der Waals surface area contributed by atoms with Gasteiger partial charge in [0.15, 0.2) is 0 Å². The van der Waals surface area contributed by atoms with Crippen LogP contribution in [0.1, 0.15) is 0 Å². The quantitative estimate of drug-likeness (QED) is 0.363. The van der Waals surface area contributed by atoms with Crippen molar-refractivity contribution in [2.24, 2.45) is 0 Å². The summed E-state index contributed by atoms with van der Waals surface area (Å²) in [5.74, 6) is 0.533. The number of carbonyl (C=O) groups excluding carboxylic acids is 1. The van der Waals surface area contributed by atoms with Gasteiger partial charge in [0.1, 0.15) is 12.4 Å². The molecule has 6 nitrogen and oxygen atoms in total. The van der Waals surface area contributed by atoms with Crippen molar-refractivity contribution in [1.29, 1.82) is 0 Å². The third-order valence-electron chi connectivity index (χ3n) is 5.60. The van der Waals surface area contributed by atoms with Gasteiger partial charge in [-0.1, -0.05) is 49.1 Å². The number of aromatic nitrogens is 3. The predicted octanol–water partition coefficient (Wildman–Crippen LogP) is 4.62. The van der Waals surface area contributed by atoms with Crippen LogP contribution in [0.5, 0.6) is 5.75 Å². The summed E-state index contributed by atoms with van der Waals surface area (Å²) in [5, 5.41) is 0. The Hall–Kier alpha value is -4.19. The molecule has 0 aliphatic carbocycles. The van der Waals surface area contributed by atoms with Gasteiger partial charge < -0.3 is 14.6 Å². The first kappa shape index (κ1) is 19.8. The lowest BCUT2D eigenvalue weighted by molar-refractivity contribution is -0.126. The number of rotatable bonds is 6. The summed E-state index contributed by atoms with van der Waals surface area (Å²) in [5.41, 5.74) is 5.74. The van der Waals surface area contributed by atoms with Gasteiger partial charge in [-0.15, -0.1) is 0 Å². The van der Waals surface area contributed by atoms with Gasteiger partial charge in [0, 0.05) is 30.1 Å². The molecule has 32 heavy (non-hydrogen) atoms. The average molecular weight is 422 g/mol. The minimum atomic E-state index is -0.147. The van der Waals surface area contributed by atoms with E-state index in [1.54, 1.807) is 23.5 Å². The van der Waals surface area contributed by atoms with Crippen LogP contribution in [0.3, 0.4) is 0 Å². The summed E-state index contributed by atoms with van der Waals surface area (Å²) in [6, 6.07) is 15.9. The first-order chi connectivity index (χ1) is 15.8. The van der Waals surface area contributed by atoms with Crippen molar-refractivity contribution in [2.75, 3.05) is 13.2 Å². The molecule has 4 heterocycles. The van der Waals surface area contributed by atoms with Crippen molar-refractivity contribution in [2.45, 2.75) is 6.04 Å². The molecule has 4 aromatic rings. The van der Waals surface area contributed by atoms with Gasteiger partial charge in [-0.3, -0.25) is 14.8 Å². The molecule has 0 bridgehead atoms. The molecule has 1 amide bonds. The molecule has 1 aliphatic heterocycles. The Kier molecular flexibility index (Phi) is 5.25. The fourth-order valence-electron chi connectivity index (χ4n) is 4.07. The minimum absolute atomic E-state index is 0.108. The predicted molar refractivity (Wildman–Crippen MR) is 125 cm³/mol. The van der Waals surface area contributed by atoms with E-state index in [0.717, 1.165) is 33.4 Å². The van der Waals surface area contributed by atoms with Crippen LogP contribution < -0.4 is 4.74 Å². The van der Waals surface area contributed by atoms with Gasteiger partial charge in [-0.25, -0.2) is 0 Å². The van der Waals surface area contributed by atoms with Crippen LogP contribution >= 0.6 is 0 Å². The van der Waals surface area contributed by atoms with Crippen LogP contribution in [0.15, 0.2) is 91.9 Å². The van der Waals surface area contributed by atoms with Crippen molar-refractivity contribution >= 4 is 16.9 Å². The highest BCUT2D eigenvalue weighted by molar-refractivity contribution is 6.02. The molecule has 6 heteroatoms. The zero-order valence-electron chi connectivity index (χ0n) is 17.4. The molecule has 5 rings (SSSR count). The van der Waals surface area contributed by atoms with E-state index in [1.807, 2.05) is 48.6 Å². The van der Waals surface area contributed by atoms with Crippen molar-refractivity contribution in [1.82, 2.24) is 19.9 Å². The first-order valence-corrected chi connectivity index (χ1v) is 10.4. The number of pyridine rings is 2. The third kappa shape index (κ3) is 3.56. The molecule has 0 saturated carbocycles. The second-order valence-corrected chi connectivity index (χ2v) is 7.51. The maximum atomic E-state index is 12.1. The van der Waals surface area contributed by atoms with E-state index in [-0.39, 0.29) is 11.9 Å². The van der Waals surface area contributed by atoms with E-state index in [2.05, 4.69) is 33.7 Å². The number of ether oxygens (including phenoxy) is 1. The van der Waals surface area contributed by atoms with E-state index in [0.29, 0.717) is 18.9 Å². The first-order valence-electron chi connectivity index (χ1n) is 10.4. The Labute approximate surface area is 185 Å². The molecule has 0 radical (unpaired) electrons. The van der Waals surface area contributed by atoms with Gasteiger partial charge >= 0.3 is 0 Å². The van der Waals surface area contributed by atoms with Gasteiger partial charge in [0.2, 0.25) is 5.91 Å². The summed E-state index contributed by atoms with van der Waals surface area (Å²) >= 11 is 0. The zero-order chi connectivity index (χ0) is 21.9. The van der Waals surface area contributed by atoms with E-state index < -0.39 is 0 Å². The van der Waals surface area contributed by atoms with Gasteiger partial charge in [-0.05, 0) is 29.8 Å². The normalized spacial score (nSPS) is 15.2. The second-order valence-electron chi connectivity index (χ2n) is 7.51. The topological polar surface area (TPSA) is 71.1 Å². The fraction of sp³-hybridized carbons (Fsp3) is 0.115. The molecule has 0 fully saturated rings. The largest absolute Gasteiger partial charge is 0.489 e. The molecule has 1 aliphatic rings. The number of hydrogen-bond donors (Lipinski definition) is 1. The molecule has 0 spiro atoms. The molecule has 3 aromatic heterocycles. The average Bonchev–Trinajstić information content (AvgIpc) is 3.47. The Balaban J connectivity index is 1.54. The smallest absolute Gasteiger partial charge is 0.246 e. The van der Waals surface area contributed by atoms with Crippen molar-refractivity contribution in [3.63, 3.8) is 0 Å². The number of nitrogens with one attached hydrogen (secondary N) is 1. The molecular formula is C26H22N4O2. The number of carbonyl (C=O) groups is 1. The van der Waals surface area contributed by atoms with Crippen LogP contribution in [0, 0.1) is 0 Å². The molecule has 158 valence electrons. The second kappa shape index (κ2) is 8.51. The number of nitrogens with zero attached hydrogens (tertiary/aromatic N) is 3. The molecule has 1 aromatic carbocycles. The fourth-order valence-corrected chi connectivity index (χ4v) is 4.07. The standard InChI is InChI=1S/C26H22N4O2/c1-2-23(31)30-15-7-10-19(30)17-32-22-16-27-14-12-20(22)25-24(18-8-4-3-5-9-18)26-21(29-25)11-6-13-28-26/h2-14,16,19,29H,1,15,17H2/t19-/m0/s1. The summed E-state index contributed by atoms with van der Waals surface area (Å²) in [6.07, 6.45) is 10.5. The van der Waals surface area contributed by atoms with E-state index in [9.17, 15) is 4.79 Å². The van der Waals surface area contributed by atoms with E-state index in [4.69, 9.17) is 4.74 Å². The van der Waals surface area contributed by atoms with Crippen molar-refractivity contribution in [3.8, 4) is 28.1 Å². The summed E-state index contributed by atoms with van der Waals surface area (Å²) < 4.78 is 6.20. The number of amides is 1. The van der Waals surface area contributed by atoms with Crippen LogP contribution in [0.25, 0.3) is 33.4 Å². The Morgan fingerprint density at radius 3 is 2.91 bits per heavy atom. The Bertz CT molecular complexity index is 1310. The summed E-state index contributed by atoms with van der Waals surface area (Å²) in [7, 11) is 0. The molecular weight excluding hydrogens is 400 g/mol. The number of benzene rings is 1. The Morgan fingerprint density at radius 1 is 1.19 bits per heavy atom. The lowest BCUT2D eigenvalue weighted by Crippen LogP contribution is -2.38. The highest BCUT2D eigenvalue weighted by atomic mass is 16.5. The molecule has 0 unspecified atom stereocenters. The molecule has 1 N–H and O–H groups in total. The number of hydrogen-bond acceptors (Lipinski definition) is 4. The summed E-state index contributed by atoms with van der Waals surface area (Å²) in [6.45, 7) is 4.48. The molecule has 1 atom stereocenters. The van der Waals surface area contributed by atoms with Gasteiger partial charge in [-0.2, -0.15) is 0 Å².